The minimum atomic E-state index is -0.209. The molecule has 0 aliphatic carbocycles. The van der Waals surface area contributed by atoms with Crippen LogP contribution in [-0.2, 0) is 22.6 Å². The van der Waals surface area contributed by atoms with Gasteiger partial charge in [-0.05, 0) is 61.2 Å². The molecule has 0 unspecified atom stereocenters. The highest BCUT2D eigenvalue weighted by Gasteiger charge is 2.12. The molecule has 26 heavy (non-hydrogen) atoms. The Kier molecular flexibility index (Phi) is 6.81. The molecule has 138 valence electrons. The van der Waals surface area contributed by atoms with E-state index in [1.54, 1.807) is 0 Å². The molecule has 1 heterocycles. The molecule has 0 bridgehead atoms. The number of nitrogens with zero attached hydrogens (tertiary/aromatic N) is 1. The molecule has 0 saturated carbocycles. The van der Waals surface area contributed by atoms with Gasteiger partial charge < -0.3 is 10.1 Å². The van der Waals surface area contributed by atoms with Gasteiger partial charge in [0, 0.05) is 13.1 Å². The number of rotatable bonds is 8. The SMILES string of the molecule is CCOC(=O)CNCc1ccc(-c2cccc(CN3CCCC3)c2)cc1. The Morgan fingerprint density at radius 3 is 2.54 bits per heavy atom. The zero-order chi connectivity index (χ0) is 18.2. The number of esters is 1. The van der Waals surface area contributed by atoms with Gasteiger partial charge in [-0.25, -0.2) is 0 Å². The van der Waals surface area contributed by atoms with Crippen molar-refractivity contribution < 1.29 is 9.53 Å². The van der Waals surface area contributed by atoms with Gasteiger partial charge in [0.25, 0.3) is 0 Å². The first-order valence-corrected chi connectivity index (χ1v) is 9.51. The van der Waals surface area contributed by atoms with E-state index in [9.17, 15) is 4.79 Å². The maximum absolute atomic E-state index is 11.3. The molecule has 0 spiro atoms. The second kappa shape index (κ2) is 9.51. The molecule has 1 aliphatic rings. The van der Waals surface area contributed by atoms with Crippen molar-refractivity contribution >= 4 is 5.97 Å². The van der Waals surface area contributed by atoms with Crippen molar-refractivity contribution in [1.29, 1.82) is 0 Å². The molecule has 1 fully saturated rings. The molecule has 0 atom stereocenters. The van der Waals surface area contributed by atoms with Crippen molar-refractivity contribution in [2.45, 2.75) is 32.9 Å². The number of hydrogen-bond donors (Lipinski definition) is 1. The molecule has 4 nitrogen and oxygen atoms in total. The molecule has 0 radical (unpaired) electrons. The number of benzene rings is 2. The molecule has 0 aromatic heterocycles. The van der Waals surface area contributed by atoms with Crippen LogP contribution in [0.5, 0.6) is 0 Å². The highest BCUT2D eigenvalue weighted by molar-refractivity contribution is 5.71. The average molecular weight is 352 g/mol. The minimum Gasteiger partial charge on any atom is -0.465 e. The van der Waals surface area contributed by atoms with E-state index < -0.39 is 0 Å². The van der Waals surface area contributed by atoms with Gasteiger partial charge in [0.05, 0.1) is 13.2 Å². The minimum absolute atomic E-state index is 0.209. The molecule has 4 heteroatoms. The second-order valence-corrected chi connectivity index (χ2v) is 6.79. The normalized spacial score (nSPS) is 14.5. The van der Waals surface area contributed by atoms with Gasteiger partial charge in [0.2, 0.25) is 0 Å². The largest absolute Gasteiger partial charge is 0.465 e. The van der Waals surface area contributed by atoms with Gasteiger partial charge in [-0.1, -0.05) is 42.5 Å². The summed E-state index contributed by atoms with van der Waals surface area (Å²) in [5, 5.41) is 3.11. The van der Waals surface area contributed by atoms with Crippen molar-refractivity contribution in [3.63, 3.8) is 0 Å². The standard InChI is InChI=1S/C22H28N2O2/c1-2-26-22(25)16-23-15-18-8-10-20(11-9-18)21-7-5-6-19(14-21)17-24-12-3-4-13-24/h5-11,14,23H,2-4,12-13,15-17H2,1H3. The lowest BCUT2D eigenvalue weighted by Crippen LogP contribution is -2.24. The van der Waals surface area contributed by atoms with Crippen molar-refractivity contribution in [2.75, 3.05) is 26.2 Å². The molecule has 2 aromatic rings. The summed E-state index contributed by atoms with van der Waals surface area (Å²) in [7, 11) is 0. The quantitative estimate of drug-likeness (QED) is 0.737. The van der Waals surface area contributed by atoms with E-state index in [0.717, 1.165) is 12.1 Å². The lowest BCUT2D eigenvalue weighted by Gasteiger charge is -2.15. The highest BCUT2D eigenvalue weighted by atomic mass is 16.5. The van der Waals surface area contributed by atoms with Gasteiger partial charge in [-0.15, -0.1) is 0 Å². The van der Waals surface area contributed by atoms with E-state index in [2.05, 4.69) is 58.7 Å². The average Bonchev–Trinajstić information content (AvgIpc) is 3.16. The van der Waals surface area contributed by atoms with Crippen molar-refractivity contribution in [3.8, 4) is 11.1 Å². The maximum Gasteiger partial charge on any atom is 0.319 e. The lowest BCUT2D eigenvalue weighted by atomic mass is 10.0. The summed E-state index contributed by atoms with van der Waals surface area (Å²) in [5.74, 6) is -0.209. The van der Waals surface area contributed by atoms with E-state index in [4.69, 9.17) is 4.74 Å². The molecule has 2 aromatic carbocycles. The number of hydrogen-bond acceptors (Lipinski definition) is 4. The fourth-order valence-electron chi connectivity index (χ4n) is 3.38. The zero-order valence-corrected chi connectivity index (χ0v) is 15.5. The highest BCUT2D eigenvalue weighted by Crippen LogP contribution is 2.22. The molecule has 3 rings (SSSR count). The van der Waals surface area contributed by atoms with Crippen LogP contribution in [0.15, 0.2) is 48.5 Å². The zero-order valence-electron chi connectivity index (χ0n) is 15.5. The van der Waals surface area contributed by atoms with Crippen LogP contribution >= 0.6 is 0 Å². The molecule has 1 aliphatic heterocycles. The Hall–Kier alpha value is -2.17. The van der Waals surface area contributed by atoms with Gasteiger partial charge in [-0.3, -0.25) is 9.69 Å². The summed E-state index contributed by atoms with van der Waals surface area (Å²) in [4.78, 5) is 13.9. The molecule has 1 saturated heterocycles. The summed E-state index contributed by atoms with van der Waals surface area (Å²) < 4.78 is 4.91. The summed E-state index contributed by atoms with van der Waals surface area (Å²) in [6, 6.07) is 17.4. The Morgan fingerprint density at radius 1 is 1.04 bits per heavy atom. The van der Waals surface area contributed by atoms with Crippen molar-refractivity contribution in [2.24, 2.45) is 0 Å². The third kappa shape index (κ3) is 5.41. The first kappa shape index (κ1) is 18.6. The fraction of sp³-hybridized carbons (Fsp3) is 0.409. The van der Waals surface area contributed by atoms with E-state index in [-0.39, 0.29) is 12.5 Å². The van der Waals surface area contributed by atoms with Crippen LogP contribution in [0, 0.1) is 0 Å². The van der Waals surface area contributed by atoms with E-state index in [0.29, 0.717) is 13.2 Å². The van der Waals surface area contributed by atoms with Crippen LogP contribution in [0.4, 0.5) is 0 Å². The molecular formula is C22H28N2O2. The van der Waals surface area contributed by atoms with Crippen LogP contribution in [0.2, 0.25) is 0 Å². The molecule has 0 amide bonds. The smallest absolute Gasteiger partial charge is 0.319 e. The number of likely N-dealkylation sites (tertiary alicyclic amines) is 1. The van der Waals surface area contributed by atoms with Crippen molar-refractivity contribution in [3.05, 3.63) is 59.7 Å². The Bertz CT molecular complexity index is 706. The number of ether oxygens (including phenoxy) is 1. The lowest BCUT2D eigenvalue weighted by molar-refractivity contribution is -0.142. The summed E-state index contributed by atoms with van der Waals surface area (Å²) >= 11 is 0. The van der Waals surface area contributed by atoms with Crippen LogP contribution in [0.25, 0.3) is 11.1 Å². The van der Waals surface area contributed by atoms with Crippen LogP contribution in [-0.4, -0.2) is 37.1 Å². The predicted molar refractivity (Wildman–Crippen MR) is 105 cm³/mol. The van der Waals surface area contributed by atoms with Gasteiger partial charge in [-0.2, -0.15) is 0 Å². The molecule has 1 N–H and O–H groups in total. The third-order valence-corrected chi connectivity index (χ3v) is 4.72. The van der Waals surface area contributed by atoms with Crippen LogP contribution < -0.4 is 5.32 Å². The van der Waals surface area contributed by atoms with Gasteiger partial charge >= 0.3 is 5.97 Å². The van der Waals surface area contributed by atoms with Crippen molar-refractivity contribution in [1.82, 2.24) is 10.2 Å². The third-order valence-electron chi connectivity index (χ3n) is 4.72. The summed E-state index contributed by atoms with van der Waals surface area (Å²) in [5.41, 5.74) is 5.02. The number of carbonyl (C=O) groups excluding carboxylic acids is 1. The first-order chi connectivity index (χ1) is 12.7. The van der Waals surface area contributed by atoms with Crippen LogP contribution in [0.3, 0.4) is 0 Å². The van der Waals surface area contributed by atoms with Crippen LogP contribution in [0.1, 0.15) is 30.9 Å². The predicted octanol–water partition coefficient (Wildman–Crippen LogP) is 3.60. The first-order valence-electron chi connectivity index (χ1n) is 9.51. The Balaban J connectivity index is 1.56. The Labute approximate surface area is 156 Å². The monoisotopic (exact) mass is 352 g/mol. The number of nitrogens with one attached hydrogen (secondary N) is 1. The Morgan fingerprint density at radius 2 is 1.81 bits per heavy atom. The summed E-state index contributed by atoms with van der Waals surface area (Å²) in [6.07, 6.45) is 2.65. The maximum atomic E-state index is 11.3. The number of carbonyl (C=O) groups is 1. The van der Waals surface area contributed by atoms with Gasteiger partial charge in [0.1, 0.15) is 0 Å². The van der Waals surface area contributed by atoms with E-state index >= 15 is 0 Å². The topological polar surface area (TPSA) is 41.6 Å². The van der Waals surface area contributed by atoms with E-state index in [1.807, 2.05) is 6.92 Å². The van der Waals surface area contributed by atoms with E-state index in [1.165, 1.54) is 42.6 Å². The second-order valence-electron chi connectivity index (χ2n) is 6.79. The fourth-order valence-corrected chi connectivity index (χ4v) is 3.38. The van der Waals surface area contributed by atoms with Gasteiger partial charge in [0.15, 0.2) is 0 Å². The summed E-state index contributed by atoms with van der Waals surface area (Å²) in [6.45, 7) is 6.63. The molecular weight excluding hydrogens is 324 g/mol.